The highest BCUT2D eigenvalue weighted by Crippen LogP contribution is 2.04. The highest BCUT2D eigenvalue weighted by molar-refractivity contribution is 5.94. The molecule has 0 aliphatic carbocycles. The van der Waals surface area contributed by atoms with Gasteiger partial charge in [0.05, 0.1) is 17.2 Å². The van der Waals surface area contributed by atoms with Crippen molar-refractivity contribution in [2.24, 2.45) is 4.99 Å². The van der Waals surface area contributed by atoms with Crippen molar-refractivity contribution in [1.29, 1.82) is 0 Å². The number of carbonyl (C=O) groups excluding carboxylic acids is 1. The number of hydrogen-bond acceptors (Lipinski definition) is 2. The van der Waals surface area contributed by atoms with Gasteiger partial charge in [-0.05, 0) is 42.5 Å². The lowest BCUT2D eigenvalue weighted by molar-refractivity contribution is 0.0998. The Morgan fingerprint density at radius 3 is 2.30 bits per heavy atom. The molecule has 0 bridgehead atoms. The average Bonchev–Trinajstić information content (AvgIpc) is 2.57. The van der Waals surface area contributed by atoms with E-state index in [1.807, 2.05) is 30.3 Å². The van der Waals surface area contributed by atoms with Crippen LogP contribution in [-0.2, 0) is 0 Å². The van der Waals surface area contributed by atoms with Crippen LogP contribution < -0.4 is 5.36 Å². The molecule has 1 heterocycles. The van der Waals surface area contributed by atoms with Crippen molar-refractivity contribution in [3.8, 4) is 5.69 Å². The molecule has 3 aromatic rings. The normalized spacial score (nSPS) is 10.9. The van der Waals surface area contributed by atoms with Crippen LogP contribution in [0.15, 0.2) is 78.0 Å². The zero-order chi connectivity index (χ0) is 15.4. The molecule has 4 nitrogen and oxygen atoms in total. The van der Waals surface area contributed by atoms with Crippen molar-refractivity contribution in [2.75, 3.05) is 0 Å². The summed E-state index contributed by atoms with van der Waals surface area (Å²) in [4.78, 5) is 15.9. The van der Waals surface area contributed by atoms with Crippen LogP contribution in [0.2, 0.25) is 0 Å². The molecule has 1 amide bonds. The zero-order valence-electron chi connectivity index (χ0n) is 12.0. The van der Waals surface area contributed by atoms with Gasteiger partial charge in [0.15, 0.2) is 0 Å². The molecule has 0 aliphatic rings. The van der Waals surface area contributed by atoms with E-state index in [9.17, 15) is 9.18 Å². The molecule has 23 heavy (non-hydrogen) atoms. The van der Waals surface area contributed by atoms with Crippen molar-refractivity contribution < 1.29 is 9.18 Å². The fourth-order valence-electron chi connectivity index (χ4n) is 1.92. The van der Waals surface area contributed by atoms with E-state index in [0.717, 1.165) is 5.69 Å². The monoisotopic (exact) mass is 329 g/mol. The van der Waals surface area contributed by atoms with Gasteiger partial charge in [0.25, 0.3) is 5.91 Å². The lowest BCUT2D eigenvalue weighted by atomic mass is 10.2. The summed E-state index contributed by atoms with van der Waals surface area (Å²) < 4.78 is 14.5. The molecular formula is C17H13ClFN3O. The summed E-state index contributed by atoms with van der Waals surface area (Å²) in [5, 5.41) is 4.67. The third-order valence-electron chi connectivity index (χ3n) is 3.04. The lowest BCUT2D eigenvalue weighted by Gasteiger charge is -2.03. The molecule has 0 aliphatic heterocycles. The minimum atomic E-state index is -0.431. The first kappa shape index (κ1) is 16.6. The number of nitrogens with zero attached hydrogens (tertiary/aromatic N) is 3. The Morgan fingerprint density at radius 2 is 1.70 bits per heavy atom. The molecule has 6 heteroatoms. The average molecular weight is 330 g/mol. The summed E-state index contributed by atoms with van der Waals surface area (Å²) in [5.74, 6) is -0.818. The Labute approximate surface area is 138 Å². The number of benzene rings is 2. The SMILES string of the molecule is Cl.O=C(/N=c1\ccn(-c2ccccc2)nc1)c1ccc(F)cc1. The lowest BCUT2D eigenvalue weighted by Crippen LogP contribution is -2.11. The predicted octanol–water partition coefficient (Wildman–Crippen LogP) is 3.17. The predicted molar refractivity (Wildman–Crippen MR) is 87.1 cm³/mol. The second-order valence-corrected chi connectivity index (χ2v) is 4.59. The molecule has 0 N–H and O–H groups in total. The van der Waals surface area contributed by atoms with Crippen LogP contribution in [0, 0.1) is 5.82 Å². The molecule has 0 fully saturated rings. The second kappa shape index (κ2) is 7.47. The molecule has 0 spiro atoms. The minimum absolute atomic E-state index is 0. The van der Waals surface area contributed by atoms with Gasteiger partial charge in [-0.2, -0.15) is 5.10 Å². The molecule has 0 atom stereocenters. The number of rotatable bonds is 2. The van der Waals surface area contributed by atoms with Crippen LogP contribution in [0.1, 0.15) is 10.4 Å². The van der Waals surface area contributed by atoms with Crippen LogP contribution in [0.25, 0.3) is 5.69 Å². The van der Waals surface area contributed by atoms with Crippen molar-refractivity contribution in [1.82, 2.24) is 9.78 Å². The summed E-state index contributed by atoms with van der Waals surface area (Å²) in [6, 6.07) is 16.6. The molecule has 116 valence electrons. The Hall–Kier alpha value is -2.79. The minimum Gasteiger partial charge on any atom is -0.267 e. The van der Waals surface area contributed by atoms with Gasteiger partial charge in [0.2, 0.25) is 0 Å². The van der Waals surface area contributed by atoms with Crippen molar-refractivity contribution >= 4 is 18.3 Å². The van der Waals surface area contributed by atoms with E-state index in [2.05, 4.69) is 10.1 Å². The maximum absolute atomic E-state index is 12.8. The molecular weight excluding hydrogens is 317 g/mol. The van der Waals surface area contributed by atoms with E-state index < -0.39 is 5.91 Å². The van der Waals surface area contributed by atoms with Gasteiger partial charge in [-0.3, -0.25) is 4.79 Å². The molecule has 0 radical (unpaired) electrons. The fourth-order valence-corrected chi connectivity index (χ4v) is 1.92. The van der Waals surface area contributed by atoms with E-state index in [-0.39, 0.29) is 18.2 Å². The fraction of sp³-hybridized carbons (Fsp3) is 0. The second-order valence-electron chi connectivity index (χ2n) is 4.59. The van der Waals surface area contributed by atoms with Gasteiger partial charge in [-0.25, -0.2) is 14.1 Å². The van der Waals surface area contributed by atoms with Crippen molar-refractivity contribution in [3.63, 3.8) is 0 Å². The highest BCUT2D eigenvalue weighted by Gasteiger charge is 2.03. The van der Waals surface area contributed by atoms with E-state index in [1.165, 1.54) is 30.5 Å². The molecule has 1 aromatic heterocycles. The van der Waals surface area contributed by atoms with Gasteiger partial charge in [0.1, 0.15) is 5.82 Å². The van der Waals surface area contributed by atoms with Gasteiger partial charge < -0.3 is 0 Å². The van der Waals surface area contributed by atoms with Crippen LogP contribution in [0.4, 0.5) is 4.39 Å². The summed E-state index contributed by atoms with van der Waals surface area (Å²) >= 11 is 0. The Balaban J connectivity index is 0.00000192. The maximum Gasteiger partial charge on any atom is 0.277 e. The summed E-state index contributed by atoms with van der Waals surface area (Å²) in [6.07, 6.45) is 3.24. The summed E-state index contributed by atoms with van der Waals surface area (Å²) in [7, 11) is 0. The third-order valence-corrected chi connectivity index (χ3v) is 3.04. The van der Waals surface area contributed by atoms with Gasteiger partial charge in [-0.15, -0.1) is 12.4 Å². The molecule has 0 saturated heterocycles. The van der Waals surface area contributed by atoms with Gasteiger partial charge in [0, 0.05) is 11.8 Å². The Morgan fingerprint density at radius 1 is 1.00 bits per heavy atom. The largest absolute Gasteiger partial charge is 0.277 e. The first-order valence-electron chi connectivity index (χ1n) is 6.67. The Kier molecular flexibility index (Phi) is 5.38. The number of aromatic nitrogens is 2. The number of halogens is 2. The third kappa shape index (κ3) is 4.11. The van der Waals surface area contributed by atoms with Gasteiger partial charge in [-0.1, -0.05) is 18.2 Å². The number of carbonyl (C=O) groups is 1. The van der Waals surface area contributed by atoms with Crippen molar-refractivity contribution in [3.05, 3.63) is 89.8 Å². The van der Waals surface area contributed by atoms with Crippen LogP contribution in [-0.4, -0.2) is 15.7 Å². The molecule has 0 saturated carbocycles. The number of hydrogen-bond donors (Lipinski definition) is 0. The maximum atomic E-state index is 12.8. The highest BCUT2D eigenvalue weighted by atomic mass is 35.5. The Bertz CT molecular complexity index is 841. The topological polar surface area (TPSA) is 47.2 Å². The first-order valence-corrected chi connectivity index (χ1v) is 6.67. The smallest absolute Gasteiger partial charge is 0.267 e. The molecule has 2 aromatic carbocycles. The summed E-state index contributed by atoms with van der Waals surface area (Å²) in [5.41, 5.74) is 1.25. The first-order chi connectivity index (χ1) is 10.7. The van der Waals surface area contributed by atoms with E-state index in [4.69, 9.17) is 0 Å². The standard InChI is InChI=1S/C17H12FN3O.ClH/c18-14-8-6-13(7-9-14)17(22)20-15-10-11-21(19-12-15)16-4-2-1-3-5-16;/h1-12H;1H/b20-15+;. The van der Waals surface area contributed by atoms with Crippen LogP contribution >= 0.6 is 12.4 Å². The van der Waals surface area contributed by atoms with E-state index in [1.54, 1.807) is 16.9 Å². The van der Waals surface area contributed by atoms with Crippen LogP contribution in [0.5, 0.6) is 0 Å². The van der Waals surface area contributed by atoms with E-state index in [0.29, 0.717) is 10.9 Å². The summed E-state index contributed by atoms with van der Waals surface area (Å²) in [6.45, 7) is 0. The zero-order valence-corrected chi connectivity index (χ0v) is 12.8. The number of amides is 1. The van der Waals surface area contributed by atoms with Crippen molar-refractivity contribution in [2.45, 2.75) is 0 Å². The van der Waals surface area contributed by atoms with E-state index >= 15 is 0 Å². The quantitative estimate of drug-likeness (QED) is 0.725. The number of para-hydroxylation sites is 1. The molecule has 0 unspecified atom stereocenters. The van der Waals surface area contributed by atoms with Crippen LogP contribution in [0.3, 0.4) is 0 Å². The molecule has 3 rings (SSSR count). The van der Waals surface area contributed by atoms with Gasteiger partial charge >= 0.3 is 0 Å².